The number of ether oxygens (including phenoxy) is 4. The van der Waals surface area contributed by atoms with E-state index in [0.717, 1.165) is 0 Å². The number of non-ortho nitro benzene ring substituents is 1. The van der Waals surface area contributed by atoms with Crippen LogP contribution in [0.3, 0.4) is 0 Å². The second kappa shape index (κ2) is 18.6. The van der Waals surface area contributed by atoms with E-state index in [4.69, 9.17) is 33.9 Å². The molecule has 21 nitrogen and oxygen atoms in total. The summed E-state index contributed by atoms with van der Waals surface area (Å²) in [5, 5.41) is 26.1. The molecule has 3 heterocycles. The molecule has 0 saturated carbocycles. The summed E-state index contributed by atoms with van der Waals surface area (Å²) >= 11 is 0. The molecule has 1 aromatic heterocycles. The van der Waals surface area contributed by atoms with Crippen LogP contribution >= 0.6 is 0 Å². The van der Waals surface area contributed by atoms with Gasteiger partial charge in [-0.3, -0.25) is 10.1 Å². The van der Waals surface area contributed by atoms with Gasteiger partial charge in [0.1, 0.15) is 22.4 Å². The van der Waals surface area contributed by atoms with Gasteiger partial charge in [0.2, 0.25) is 17.8 Å². The molecule has 2 fully saturated rings. The molecule has 4 amide bonds. The van der Waals surface area contributed by atoms with Crippen LogP contribution in [0.5, 0.6) is 0 Å². The lowest BCUT2D eigenvalue weighted by Crippen LogP contribution is -2.59. The molecule has 2 aliphatic rings. The van der Waals surface area contributed by atoms with E-state index < -0.39 is 75.9 Å². The number of aromatic nitrogens is 3. The Morgan fingerprint density at radius 2 is 0.867 bits per heavy atom. The van der Waals surface area contributed by atoms with Crippen molar-refractivity contribution < 1.29 is 43.0 Å². The van der Waals surface area contributed by atoms with Gasteiger partial charge in [-0.15, -0.1) is 0 Å². The maximum atomic E-state index is 13.0. The number of anilines is 4. The van der Waals surface area contributed by atoms with Gasteiger partial charge in [0, 0.05) is 44.0 Å². The van der Waals surface area contributed by atoms with Crippen molar-refractivity contribution in [3.63, 3.8) is 0 Å². The van der Waals surface area contributed by atoms with Gasteiger partial charge in [-0.1, -0.05) is 0 Å². The standard InChI is InChI=1S/C39H61N11O10/c1-36(2,3)57-32(51)41-24-17-25(42-33(52)58-37(4,5)6)20-48(19-24)30-45-29(40-23-13-15-28(16-14-23)50(55)56)46-31(47-30)49-21-26(43-34(53)59-38(7,8)9)18-27(22-49)44-35(54)60-39(10,11)12/h13-16,24-27H,17-22H2,1-12H3,(H,41,51)(H,42,52)(H,43,53)(H,44,54)(H,40,45,46,47)/t24-,25+,26-,27+. The highest BCUT2D eigenvalue weighted by Gasteiger charge is 2.36. The Morgan fingerprint density at radius 3 is 1.13 bits per heavy atom. The molecule has 0 bridgehead atoms. The van der Waals surface area contributed by atoms with Crippen LogP contribution in [-0.2, 0) is 18.9 Å². The Kier molecular flexibility index (Phi) is 14.5. The SMILES string of the molecule is CC(C)(C)OC(=O)N[C@@H]1C[C@H](NC(=O)OC(C)(C)C)CN(c2nc(Nc3ccc([N+](=O)[O-])cc3)nc(N3C[C@H](NC(=O)OC(C)(C)C)C[C@H](NC(=O)OC(C)(C)C)C3)n2)C1. The summed E-state index contributed by atoms with van der Waals surface area (Å²) < 4.78 is 22.2. The number of piperidine rings is 2. The van der Waals surface area contributed by atoms with Gasteiger partial charge >= 0.3 is 24.4 Å². The van der Waals surface area contributed by atoms with E-state index in [9.17, 15) is 29.3 Å². The first-order valence-electron chi connectivity index (χ1n) is 19.8. The van der Waals surface area contributed by atoms with E-state index in [1.54, 1.807) is 92.9 Å². The van der Waals surface area contributed by atoms with Crippen molar-refractivity contribution in [2.24, 2.45) is 0 Å². The average Bonchev–Trinajstić information content (AvgIpc) is 3.04. The number of rotatable bonds is 9. The van der Waals surface area contributed by atoms with Crippen molar-refractivity contribution >= 4 is 53.6 Å². The Morgan fingerprint density at radius 1 is 0.567 bits per heavy atom. The number of nitro groups is 1. The fourth-order valence-corrected chi connectivity index (χ4v) is 6.33. The van der Waals surface area contributed by atoms with E-state index in [1.807, 2.05) is 0 Å². The third-order valence-electron chi connectivity index (χ3n) is 8.30. The molecule has 4 atom stereocenters. The lowest BCUT2D eigenvalue weighted by Gasteiger charge is -2.40. The van der Waals surface area contributed by atoms with Crippen LogP contribution in [0, 0.1) is 10.1 Å². The average molecular weight is 844 g/mol. The molecule has 2 saturated heterocycles. The quantitative estimate of drug-likeness (QED) is 0.118. The molecule has 332 valence electrons. The highest BCUT2D eigenvalue weighted by Crippen LogP contribution is 2.27. The van der Waals surface area contributed by atoms with E-state index in [1.165, 1.54) is 24.3 Å². The molecule has 60 heavy (non-hydrogen) atoms. The van der Waals surface area contributed by atoms with Crippen LogP contribution in [0.4, 0.5) is 48.4 Å². The Bertz CT molecular complexity index is 1680. The predicted molar refractivity (Wildman–Crippen MR) is 222 cm³/mol. The number of amides is 4. The van der Waals surface area contributed by atoms with Crippen molar-refractivity contribution in [3.8, 4) is 0 Å². The molecule has 0 spiro atoms. The minimum Gasteiger partial charge on any atom is -0.444 e. The first-order valence-corrected chi connectivity index (χ1v) is 19.8. The van der Waals surface area contributed by atoms with Crippen molar-refractivity contribution in [3.05, 3.63) is 34.4 Å². The van der Waals surface area contributed by atoms with E-state index in [0.29, 0.717) is 18.5 Å². The summed E-state index contributed by atoms with van der Waals surface area (Å²) in [6.45, 7) is 21.8. The predicted octanol–water partition coefficient (Wildman–Crippen LogP) is 5.52. The largest absolute Gasteiger partial charge is 0.444 e. The summed E-state index contributed by atoms with van der Waals surface area (Å²) in [7, 11) is 0. The molecular formula is C39H61N11O10. The van der Waals surface area contributed by atoms with Crippen LogP contribution < -0.4 is 36.4 Å². The second-order valence-corrected chi connectivity index (χ2v) is 18.8. The van der Waals surface area contributed by atoms with E-state index >= 15 is 0 Å². The van der Waals surface area contributed by atoms with Crippen molar-refractivity contribution in [2.45, 2.75) is 142 Å². The topological polar surface area (TPSA) is 254 Å². The van der Waals surface area contributed by atoms with Gasteiger partial charge in [0.25, 0.3) is 5.69 Å². The van der Waals surface area contributed by atoms with Gasteiger partial charge in [0.15, 0.2) is 0 Å². The fraction of sp³-hybridized carbons (Fsp3) is 0.667. The number of carbonyl (C=O) groups is 4. The molecule has 0 radical (unpaired) electrons. The molecule has 0 unspecified atom stereocenters. The number of nitro benzene ring substituents is 1. The van der Waals surface area contributed by atoms with Gasteiger partial charge in [0.05, 0.1) is 29.1 Å². The fourth-order valence-electron chi connectivity index (χ4n) is 6.33. The first kappa shape index (κ1) is 46.8. The molecule has 2 aromatic rings. The summed E-state index contributed by atoms with van der Waals surface area (Å²) in [5.41, 5.74) is -2.75. The number of nitrogens with one attached hydrogen (secondary N) is 5. The lowest BCUT2D eigenvalue weighted by molar-refractivity contribution is -0.384. The Balaban J connectivity index is 1.76. The molecule has 2 aliphatic heterocycles. The molecule has 4 rings (SSSR count). The first-order chi connectivity index (χ1) is 27.6. The summed E-state index contributed by atoms with van der Waals surface area (Å²) in [6.07, 6.45) is -1.96. The van der Waals surface area contributed by atoms with Gasteiger partial charge < -0.3 is 55.3 Å². The summed E-state index contributed by atoms with van der Waals surface area (Å²) in [4.78, 5) is 80.7. The van der Waals surface area contributed by atoms with Gasteiger partial charge in [-0.05, 0) is 108 Å². The number of benzene rings is 1. The molecule has 1 aromatic carbocycles. The van der Waals surface area contributed by atoms with Crippen LogP contribution in [0.15, 0.2) is 24.3 Å². The molecule has 5 N–H and O–H groups in total. The number of nitrogens with zero attached hydrogens (tertiary/aromatic N) is 6. The third-order valence-corrected chi connectivity index (χ3v) is 8.30. The van der Waals surface area contributed by atoms with Crippen LogP contribution in [-0.4, -0.2) is 117 Å². The van der Waals surface area contributed by atoms with Crippen LogP contribution in [0.2, 0.25) is 0 Å². The summed E-state index contributed by atoms with van der Waals surface area (Å²) in [6, 6.07) is 3.46. The normalized spacial score (nSPS) is 19.9. The lowest BCUT2D eigenvalue weighted by atomic mass is 10.0. The number of hydrogen-bond donors (Lipinski definition) is 5. The molecular weight excluding hydrogens is 782 g/mol. The van der Waals surface area contributed by atoms with Gasteiger partial charge in [-0.2, -0.15) is 15.0 Å². The van der Waals surface area contributed by atoms with Crippen LogP contribution in [0.1, 0.15) is 95.9 Å². The monoisotopic (exact) mass is 843 g/mol. The van der Waals surface area contributed by atoms with Crippen molar-refractivity contribution in [2.75, 3.05) is 41.3 Å². The minimum atomic E-state index is -0.769. The number of hydrogen-bond acceptors (Lipinski definition) is 16. The smallest absolute Gasteiger partial charge is 0.407 e. The highest BCUT2D eigenvalue weighted by molar-refractivity contribution is 5.70. The van der Waals surface area contributed by atoms with Crippen molar-refractivity contribution in [1.29, 1.82) is 0 Å². The highest BCUT2D eigenvalue weighted by atomic mass is 16.6. The summed E-state index contributed by atoms with van der Waals surface area (Å²) in [5.74, 6) is 0.353. The second-order valence-electron chi connectivity index (χ2n) is 18.8. The zero-order valence-corrected chi connectivity index (χ0v) is 36.6. The van der Waals surface area contributed by atoms with E-state index in [2.05, 4.69) is 26.6 Å². The van der Waals surface area contributed by atoms with Gasteiger partial charge in [-0.25, -0.2) is 19.2 Å². The Hall–Kier alpha value is -5.89. The van der Waals surface area contributed by atoms with Crippen LogP contribution in [0.25, 0.3) is 0 Å². The maximum absolute atomic E-state index is 13.0. The zero-order valence-electron chi connectivity index (χ0n) is 36.6. The van der Waals surface area contributed by atoms with Crippen molar-refractivity contribution in [1.82, 2.24) is 36.2 Å². The Labute approximate surface area is 350 Å². The maximum Gasteiger partial charge on any atom is 0.407 e. The molecule has 21 heteroatoms. The minimum absolute atomic E-state index is 0.0570. The zero-order chi connectivity index (χ0) is 44.8. The third kappa shape index (κ3) is 16.0. The number of carbonyl (C=O) groups excluding carboxylic acids is 4. The van der Waals surface area contributed by atoms with E-state index in [-0.39, 0.29) is 49.7 Å². The number of alkyl carbamates (subject to hydrolysis) is 4. The molecule has 0 aliphatic carbocycles.